The Morgan fingerprint density at radius 2 is 2.07 bits per heavy atom. The number of amides is 1. The largest absolute Gasteiger partial charge is 0.339 e. The number of nitrogens with zero attached hydrogens (tertiary/aromatic N) is 2. The fourth-order valence-corrected chi connectivity index (χ4v) is 4.28. The fraction of sp³-hybridized carbons (Fsp3) is 0.333. The third-order valence-corrected chi connectivity index (χ3v) is 5.96. The first kappa shape index (κ1) is 21.5. The van der Waals surface area contributed by atoms with Crippen LogP contribution in [0.3, 0.4) is 0 Å². The second-order valence-electron chi connectivity index (χ2n) is 6.69. The average molecular weight is 439 g/mol. The van der Waals surface area contributed by atoms with Crippen molar-refractivity contribution in [3.63, 3.8) is 0 Å². The van der Waals surface area contributed by atoms with Gasteiger partial charge in [0.2, 0.25) is 5.91 Å². The van der Waals surface area contributed by atoms with E-state index in [2.05, 4.69) is 0 Å². The number of hydrogen-bond acceptors (Lipinski definition) is 3. The summed E-state index contributed by atoms with van der Waals surface area (Å²) in [5, 5.41) is 2.25. The summed E-state index contributed by atoms with van der Waals surface area (Å²) in [5.74, 6) is -0.822. The SMILES string of the molecule is CCCCN(CCF)C(=O)Cn1ccc2scc(-c3ccc(F)c(Cl)c3)c2c1=O. The molecule has 1 aromatic carbocycles. The lowest BCUT2D eigenvalue weighted by Gasteiger charge is -2.21. The van der Waals surface area contributed by atoms with Crippen molar-refractivity contribution in [3.05, 3.63) is 57.0 Å². The molecule has 3 rings (SSSR count). The van der Waals surface area contributed by atoms with Crippen LogP contribution in [0, 0.1) is 5.82 Å². The van der Waals surface area contributed by atoms with E-state index in [1.165, 1.54) is 32.9 Å². The van der Waals surface area contributed by atoms with Gasteiger partial charge in [0, 0.05) is 34.9 Å². The van der Waals surface area contributed by atoms with Crippen LogP contribution in [0.2, 0.25) is 5.02 Å². The minimum absolute atomic E-state index is 0.0214. The van der Waals surface area contributed by atoms with Gasteiger partial charge in [-0.25, -0.2) is 8.78 Å². The summed E-state index contributed by atoms with van der Waals surface area (Å²) in [6.07, 6.45) is 3.24. The molecule has 2 heterocycles. The molecule has 0 saturated carbocycles. The molecule has 0 atom stereocenters. The third kappa shape index (κ3) is 4.67. The van der Waals surface area contributed by atoms with E-state index in [1.807, 2.05) is 12.3 Å². The molecule has 3 aromatic rings. The lowest BCUT2D eigenvalue weighted by Crippen LogP contribution is -2.38. The Balaban J connectivity index is 1.96. The van der Waals surface area contributed by atoms with Gasteiger partial charge in [0.1, 0.15) is 19.0 Å². The van der Waals surface area contributed by atoms with Gasteiger partial charge in [-0.1, -0.05) is 31.0 Å². The monoisotopic (exact) mass is 438 g/mol. The zero-order valence-electron chi connectivity index (χ0n) is 16.0. The van der Waals surface area contributed by atoms with E-state index in [0.29, 0.717) is 23.1 Å². The number of fused-ring (bicyclic) bond motifs is 1. The summed E-state index contributed by atoms with van der Waals surface area (Å²) in [4.78, 5) is 27.2. The fourth-order valence-electron chi connectivity index (χ4n) is 3.14. The zero-order valence-corrected chi connectivity index (χ0v) is 17.5. The van der Waals surface area contributed by atoms with Gasteiger partial charge < -0.3 is 9.47 Å². The van der Waals surface area contributed by atoms with Crippen LogP contribution in [-0.2, 0) is 11.3 Å². The molecular weight excluding hydrogens is 418 g/mol. The molecule has 0 bridgehead atoms. The average Bonchev–Trinajstić information content (AvgIpc) is 3.14. The van der Waals surface area contributed by atoms with Gasteiger partial charge in [0.15, 0.2) is 0 Å². The molecule has 4 nitrogen and oxygen atoms in total. The molecule has 0 N–H and O–H groups in total. The normalized spacial score (nSPS) is 11.2. The highest BCUT2D eigenvalue weighted by Crippen LogP contribution is 2.33. The second-order valence-corrected chi connectivity index (χ2v) is 8.01. The van der Waals surface area contributed by atoms with E-state index in [-0.39, 0.29) is 29.6 Å². The molecule has 2 aromatic heterocycles. The highest BCUT2D eigenvalue weighted by Gasteiger charge is 2.17. The number of pyridine rings is 1. The van der Waals surface area contributed by atoms with Crippen LogP contribution in [0.15, 0.2) is 40.6 Å². The van der Waals surface area contributed by atoms with Crippen LogP contribution in [-0.4, -0.2) is 35.1 Å². The smallest absolute Gasteiger partial charge is 0.260 e. The quantitative estimate of drug-likeness (QED) is 0.489. The molecule has 8 heteroatoms. The minimum Gasteiger partial charge on any atom is -0.339 e. The zero-order chi connectivity index (χ0) is 21.0. The maximum atomic E-state index is 13.5. The molecule has 0 aliphatic carbocycles. The molecule has 0 fully saturated rings. The molecule has 0 spiro atoms. The third-order valence-electron chi connectivity index (χ3n) is 4.72. The Morgan fingerprint density at radius 3 is 2.76 bits per heavy atom. The van der Waals surface area contributed by atoms with Gasteiger partial charge in [-0.05, 0) is 30.2 Å². The van der Waals surface area contributed by atoms with Crippen LogP contribution in [0.1, 0.15) is 19.8 Å². The standard InChI is InChI=1S/C21H21ClF2N2O2S/c1-2-3-8-25(10-7-23)19(27)12-26-9-6-18-20(21(26)28)15(13-29-18)14-4-5-17(24)16(22)11-14/h4-6,9,11,13H,2-3,7-8,10,12H2,1H3. The van der Waals surface area contributed by atoms with E-state index in [0.717, 1.165) is 17.5 Å². The van der Waals surface area contributed by atoms with Gasteiger partial charge in [-0.2, -0.15) is 0 Å². The molecular formula is C21H21ClF2N2O2S. The molecule has 0 radical (unpaired) electrons. The summed E-state index contributed by atoms with van der Waals surface area (Å²) >= 11 is 7.28. The van der Waals surface area contributed by atoms with Crippen LogP contribution in [0.25, 0.3) is 21.2 Å². The number of unbranched alkanes of at least 4 members (excludes halogenated alkanes) is 1. The maximum Gasteiger partial charge on any atom is 0.260 e. The van der Waals surface area contributed by atoms with Gasteiger partial charge >= 0.3 is 0 Å². The maximum absolute atomic E-state index is 13.5. The van der Waals surface area contributed by atoms with Crippen LogP contribution in [0.4, 0.5) is 8.78 Å². The topological polar surface area (TPSA) is 42.3 Å². The number of halogens is 3. The number of thiophene rings is 1. The molecule has 29 heavy (non-hydrogen) atoms. The second kappa shape index (κ2) is 9.50. The number of carbonyl (C=O) groups is 1. The Labute approximate surface area is 176 Å². The summed E-state index contributed by atoms with van der Waals surface area (Å²) in [7, 11) is 0. The summed E-state index contributed by atoms with van der Waals surface area (Å²) < 4.78 is 28.4. The number of aromatic nitrogens is 1. The predicted molar refractivity (Wildman–Crippen MR) is 114 cm³/mol. The molecule has 0 unspecified atom stereocenters. The van der Waals surface area contributed by atoms with Crippen molar-refractivity contribution in [1.29, 1.82) is 0 Å². The van der Waals surface area contributed by atoms with Gasteiger partial charge in [-0.15, -0.1) is 11.3 Å². The summed E-state index contributed by atoms with van der Waals surface area (Å²) in [6.45, 7) is 1.71. The van der Waals surface area contributed by atoms with Gasteiger partial charge in [-0.3, -0.25) is 9.59 Å². The van der Waals surface area contributed by atoms with Crippen molar-refractivity contribution in [2.45, 2.75) is 26.3 Å². The Kier molecular flexibility index (Phi) is 7.03. The highest BCUT2D eigenvalue weighted by atomic mass is 35.5. The minimum atomic E-state index is -0.622. The Hall–Kier alpha value is -2.25. The number of hydrogen-bond donors (Lipinski definition) is 0. The van der Waals surface area contributed by atoms with E-state index in [1.54, 1.807) is 18.3 Å². The number of carbonyl (C=O) groups excluding carboxylic acids is 1. The van der Waals surface area contributed by atoms with Crippen molar-refractivity contribution in [2.24, 2.45) is 0 Å². The van der Waals surface area contributed by atoms with Crippen molar-refractivity contribution >= 4 is 38.9 Å². The lowest BCUT2D eigenvalue weighted by molar-refractivity contribution is -0.132. The van der Waals surface area contributed by atoms with Crippen molar-refractivity contribution in [1.82, 2.24) is 9.47 Å². The van der Waals surface area contributed by atoms with E-state index >= 15 is 0 Å². The molecule has 1 amide bonds. The number of alkyl halides is 1. The van der Waals surface area contributed by atoms with Crippen molar-refractivity contribution in [2.75, 3.05) is 19.8 Å². The van der Waals surface area contributed by atoms with E-state index in [4.69, 9.17) is 11.6 Å². The first-order valence-corrected chi connectivity index (χ1v) is 10.6. The van der Waals surface area contributed by atoms with Crippen LogP contribution >= 0.6 is 22.9 Å². The molecule has 0 saturated heterocycles. The van der Waals surface area contributed by atoms with Gasteiger partial charge in [0.25, 0.3) is 5.56 Å². The number of benzene rings is 1. The van der Waals surface area contributed by atoms with Crippen LogP contribution in [0.5, 0.6) is 0 Å². The van der Waals surface area contributed by atoms with Crippen molar-refractivity contribution < 1.29 is 13.6 Å². The Bertz CT molecular complexity index is 1080. The summed E-state index contributed by atoms with van der Waals surface area (Å²) in [5.41, 5.74) is 0.958. The van der Waals surface area contributed by atoms with E-state index < -0.39 is 12.5 Å². The molecule has 154 valence electrons. The molecule has 0 aliphatic heterocycles. The van der Waals surface area contributed by atoms with Crippen molar-refractivity contribution in [3.8, 4) is 11.1 Å². The van der Waals surface area contributed by atoms with Gasteiger partial charge in [0.05, 0.1) is 10.4 Å². The van der Waals surface area contributed by atoms with Crippen LogP contribution < -0.4 is 5.56 Å². The summed E-state index contributed by atoms with van der Waals surface area (Å²) in [6, 6.07) is 6.08. The van der Waals surface area contributed by atoms with E-state index in [9.17, 15) is 18.4 Å². The Morgan fingerprint density at radius 1 is 1.28 bits per heavy atom. The first-order valence-electron chi connectivity index (χ1n) is 9.36. The first-order chi connectivity index (χ1) is 14.0. The molecule has 0 aliphatic rings. The highest BCUT2D eigenvalue weighted by molar-refractivity contribution is 7.17. The number of rotatable bonds is 8. The predicted octanol–water partition coefficient (Wildman–Crippen LogP) is 5.12. The lowest BCUT2D eigenvalue weighted by atomic mass is 10.1.